The first kappa shape index (κ1) is 24.5. The molecule has 2 saturated heterocycles. The largest absolute Gasteiger partial charge is 0.445 e. The summed E-state index contributed by atoms with van der Waals surface area (Å²) in [5.74, 6) is -0.361. The summed E-state index contributed by atoms with van der Waals surface area (Å²) < 4.78 is 26.4. The van der Waals surface area contributed by atoms with Gasteiger partial charge < -0.3 is 29.5 Å². The molecule has 36 heavy (non-hydrogen) atoms. The van der Waals surface area contributed by atoms with Crippen molar-refractivity contribution in [3.05, 3.63) is 59.4 Å². The molecule has 8 nitrogen and oxygen atoms in total. The molecule has 1 spiro atoms. The lowest BCUT2D eigenvalue weighted by atomic mass is 9.74. The van der Waals surface area contributed by atoms with Gasteiger partial charge in [0.1, 0.15) is 12.4 Å². The summed E-state index contributed by atoms with van der Waals surface area (Å²) in [6.07, 6.45) is 0.827. The summed E-state index contributed by atoms with van der Waals surface area (Å²) in [7, 11) is 1.60. The standard InChI is InChI=1S/C27H33FN4O4/c1-35-16-15-32-23-18-21(17-22(28)24(23)27(25(32)33)7-9-29-10-8-27)30-11-13-31(14-12-30)26(34)36-19-20-5-3-2-4-6-20/h2-6,17-18,29H,7-16,19H2,1H3. The van der Waals surface area contributed by atoms with Crippen LogP contribution in [0, 0.1) is 5.82 Å². The molecule has 3 heterocycles. The molecule has 0 aliphatic carbocycles. The zero-order valence-corrected chi connectivity index (χ0v) is 20.7. The second-order valence-electron chi connectivity index (χ2n) is 9.62. The maximum absolute atomic E-state index is 15.7. The molecule has 3 aliphatic rings. The van der Waals surface area contributed by atoms with Crippen LogP contribution in [0.15, 0.2) is 42.5 Å². The number of piperidine rings is 1. The molecule has 0 radical (unpaired) electrons. The summed E-state index contributed by atoms with van der Waals surface area (Å²) in [4.78, 5) is 31.6. The van der Waals surface area contributed by atoms with Gasteiger partial charge in [0.2, 0.25) is 5.91 Å². The van der Waals surface area contributed by atoms with E-state index < -0.39 is 5.41 Å². The minimum atomic E-state index is -0.807. The number of hydrogen-bond donors (Lipinski definition) is 1. The Labute approximate surface area is 210 Å². The van der Waals surface area contributed by atoms with Crippen LogP contribution in [0.1, 0.15) is 24.0 Å². The minimum absolute atomic E-state index is 0.0296. The number of anilines is 2. The first-order chi connectivity index (χ1) is 17.5. The number of fused-ring (bicyclic) bond motifs is 2. The number of carbonyl (C=O) groups is 2. The van der Waals surface area contributed by atoms with Gasteiger partial charge in [0.15, 0.2) is 0 Å². The van der Waals surface area contributed by atoms with Gasteiger partial charge in [0.25, 0.3) is 0 Å². The summed E-state index contributed by atoms with van der Waals surface area (Å²) in [6.45, 7) is 4.46. The molecular weight excluding hydrogens is 463 g/mol. The van der Waals surface area contributed by atoms with E-state index in [-0.39, 0.29) is 24.4 Å². The molecular formula is C27H33FN4O4. The number of halogens is 1. The number of benzene rings is 2. The predicted octanol–water partition coefficient (Wildman–Crippen LogP) is 2.90. The second kappa shape index (κ2) is 10.4. The van der Waals surface area contributed by atoms with Crippen LogP contribution in [-0.2, 0) is 26.3 Å². The number of rotatable bonds is 6. The van der Waals surface area contributed by atoms with Crippen LogP contribution in [0.25, 0.3) is 0 Å². The Morgan fingerprint density at radius 2 is 1.81 bits per heavy atom. The summed E-state index contributed by atoms with van der Waals surface area (Å²) in [6, 6.07) is 13.1. The van der Waals surface area contributed by atoms with Gasteiger partial charge in [-0.1, -0.05) is 30.3 Å². The molecule has 192 valence electrons. The van der Waals surface area contributed by atoms with Crippen LogP contribution in [-0.4, -0.2) is 76.4 Å². The highest BCUT2D eigenvalue weighted by Crippen LogP contribution is 2.49. The monoisotopic (exact) mass is 496 g/mol. The molecule has 0 bridgehead atoms. The molecule has 5 rings (SSSR count). The van der Waals surface area contributed by atoms with Crippen LogP contribution in [0.3, 0.4) is 0 Å². The average Bonchev–Trinajstić information content (AvgIpc) is 3.14. The molecule has 2 aromatic rings. The Kier molecular flexibility index (Phi) is 7.11. The van der Waals surface area contributed by atoms with Gasteiger partial charge in [-0.3, -0.25) is 4.79 Å². The van der Waals surface area contributed by atoms with E-state index in [1.807, 2.05) is 36.4 Å². The van der Waals surface area contributed by atoms with E-state index in [9.17, 15) is 9.59 Å². The average molecular weight is 497 g/mol. The molecule has 9 heteroatoms. The molecule has 3 aliphatic heterocycles. The summed E-state index contributed by atoms with van der Waals surface area (Å²) in [5.41, 5.74) is 2.04. The van der Waals surface area contributed by atoms with Crippen molar-refractivity contribution in [1.29, 1.82) is 0 Å². The lowest BCUT2D eigenvalue weighted by Gasteiger charge is -2.36. The van der Waals surface area contributed by atoms with Gasteiger partial charge in [-0.15, -0.1) is 0 Å². The highest BCUT2D eigenvalue weighted by atomic mass is 19.1. The second-order valence-corrected chi connectivity index (χ2v) is 9.62. The molecule has 0 atom stereocenters. The number of methoxy groups -OCH3 is 1. The van der Waals surface area contributed by atoms with Crippen molar-refractivity contribution in [2.75, 3.05) is 69.3 Å². The molecule has 0 aromatic heterocycles. The fourth-order valence-corrected chi connectivity index (χ4v) is 5.60. The van der Waals surface area contributed by atoms with Gasteiger partial charge in [-0.2, -0.15) is 0 Å². The Bertz CT molecular complexity index is 1100. The third kappa shape index (κ3) is 4.53. The third-order valence-corrected chi connectivity index (χ3v) is 7.56. The SMILES string of the molecule is COCCN1C(=O)C2(CCNCC2)c2c(F)cc(N3CCN(C(=O)OCc4ccccc4)CC3)cc21. The van der Waals surface area contributed by atoms with Crippen molar-refractivity contribution in [2.45, 2.75) is 24.9 Å². The van der Waals surface area contributed by atoms with E-state index in [1.54, 1.807) is 23.0 Å². The molecule has 2 aromatic carbocycles. The normalized spacial score (nSPS) is 19.1. The zero-order chi connectivity index (χ0) is 25.1. The molecule has 0 saturated carbocycles. The van der Waals surface area contributed by atoms with Crippen molar-refractivity contribution in [2.24, 2.45) is 0 Å². The molecule has 2 amide bonds. The first-order valence-electron chi connectivity index (χ1n) is 12.6. The molecule has 0 unspecified atom stereocenters. The number of carbonyl (C=O) groups excluding carboxylic acids is 2. The first-order valence-corrected chi connectivity index (χ1v) is 12.6. The Morgan fingerprint density at radius 1 is 1.08 bits per heavy atom. The van der Waals surface area contributed by atoms with E-state index >= 15 is 4.39 Å². The Hall–Kier alpha value is -3.17. The number of amides is 2. The van der Waals surface area contributed by atoms with Crippen molar-refractivity contribution in [3.8, 4) is 0 Å². The van der Waals surface area contributed by atoms with Gasteiger partial charge in [0, 0.05) is 51.1 Å². The lowest BCUT2D eigenvalue weighted by molar-refractivity contribution is -0.124. The van der Waals surface area contributed by atoms with E-state index in [4.69, 9.17) is 9.47 Å². The zero-order valence-electron chi connectivity index (χ0n) is 20.7. The lowest BCUT2D eigenvalue weighted by Crippen LogP contribution is -2.49. The van der Waals surface area contributed by atoms with Crippen molar-refractivity contribution >= 4 is 23.4 Å². The maximum Gasteiger partial charge on any atom is 0.410 e. The smallest absolute Gasteiger partial charge is 0.410 e. The van der Waals surface area contributed by atoms with E-state index in [2.05, 4.69) is 10.2 Å². The number of ether oxygens (including phenoxy) is 2. The van der Waals surface area contributed by atoms with Crippen molar-refractivity contribution in [3.63, 3.8) is 0 Å². The van der Waals surface area contributed by atoms with Crippen LogP contribution in [0.2, 0.25) is 0 Å². The van der Waals surface area contributed by atoms with Crippen LogP contribution in [0.4, 0.5) is 20.6 Å². The van der Waals surface area contributed by atoms with Gasteiger partial charge in [-0.05, 0) is 43.6 Å². The Morgan fingerprint density at radius 3 is 2.50 bits per heavy atom. The summed E-state index contributed by atoms with van der Waals surface area (Å²) in [5, 5.41) is 3.29. The summed E-state index contributed by atoms with van der Waals surface area (Å²) >= 11 is 0. The number of piperazine rings is 1. The minimum Gasteiger partial charge on any atom is -0.445 e. The van der Waals surface area contributed by atoms with Gasteiger partial charge in [0.05, 0.1) is 17.7 Å². The van der Waals surface area contributed by atoms with Crippen LogP contribution in [0.5, 0.6) is 0 Å². The van der Waals surface area contributed by atoms with Gasteiger partial charge in [-0.25, -0.2) is 9.18 Å². The fraction of sp³-hybridized carbons (Fsp3) is 0.481. The third-order valence-electron chi connectivity index (χ3n) is 7.56. The predicted molar refractivity (Wildman–Crippen MR) is 135 cm³/mol. The molecule has 1 N–H and O–H groups in total. The highest BCUT2D eigenvalue weighted by Gasteiger charge is 2.53. The quantitative estimate of drug-likeness (QED) is 0.663. The topological polar surface area (TPSA) is 74.4 Å². The number of nitrogens with one attached hydrogen (secondary N) is 1. The fourth-order valence-electron chi connectivity index (χ4n) is 5.60. The number of hydrogen-bond acceptors (Lipinski definition) is 6. The van der Waals surface area contributed by atoms with E-state index in [0.717, 1.165) is 11.3 Å². The van der Waals surface area contributed by atoms with Crippen LogP contribution >= 0.6 is 0 Å². The van der Waals surface area contributed by atoms with Crippen LogP contribution < -0.4 is 15.1 Å². The highest BCUT2D eigenvalue weighted by molar-refractivity contribution is 6.09. The Balaban J connectivity index is 1.30. The van der Waals surface area contributed by atoms with Gasteiger partial charge >= 0.3 is 6.09 Å². The maximum atomic E-state index is 15.7. The molecule has 2 fully saturated rings. The number of nitrogens with zero attached hydrogens (tertiary/aromatic N) is 3. The van der Waals surface area contributed by atoms with E-state index in [0.29, 0.717) is 76.5 Å². The van der Waals surface area contributed by atoms with Crippen molar-refractivity contribution in [1.82, 2.24) is 10.2 Å². The van der Waals surface area contributed by atoms with E-state index in [1.165, 1.54) is 0 Å². The van der Waals surface area contributed by atoms with Crippen molar-refractivity contribution < 1.29 is 23.5 Å².